The molecule has 6 atom stereocenters. The van der Waals surface area contributed by atoms with E-state index in [-0.39, 0.29) is 47.4 Å². The third-order valence-corrected chi connectivity index (χ3v) is 8.87. The lowest BCUT2D eigenvalue weighted by atomic mass is 9.53. The van der Waals surface area contributed by atoms with Crippen molar-refractivity contribution in [1.29, 1.82) is 0 Å². The topological polar surface area (TPSA) is 53.4 Å². The lowest BCUT2D eigenvalue weighted by Crippen LogP contribution is -2.53. The molecule has 4 rings (SSSR count). The minimum absolute atomic E-state index is 0.00740. The molecular formula is C26H31FN2O2S. The molecule has 1 aromatic heterocycles. The molecule has 4 nitrogen and oxygen atoms in total. The first-order valence-corrected chi connectivity index (χ1v) is 12.1. The van der Waals surface area contributed by atoms with Crippen molar-refractivity contribution < 1.29 is 14.3 Å². The Morgan fingerprint density at radius 3 is 2.78 bits per heavy atom. The molecular weight excluding hydrogens is 423 g/mol. The SMILES string of the molecule is C#CCN(C)C(=O)[C@@H](C)[C@@H]1CC[C@]2(C)Cc3sc(-c4ccc(F)cc4)nc3[C@H](C)[C@@H]2[C@H]1O. The highest BCUT2D eigenvalue weighted by Gasteiger charge is 2.54. The van der Waals surface area contributed by atoms with Gasteiger partial charge in [0.15, 0.2) is 0 Å². The second-order valence-corrected chi connectivity index (χ2v) is 10.9. The van der Waals surface area contributed by atoms with Gasteiger partial charge in [-0.2, -0.15) is 0 Å². The highest BCUT2D eigenvalue weighted by Crippen LogP contribution is 2.57. The molecule has 0 radical (unpaired) electrons. The minimum Gasteiger partial charge on any atom is -0.392 e. The molecule has 2 aliphatic rings. The zero-order valence-electron chi connectivity index (χ0n) is 19.1. The van der Waals surface area contributed by atoms with Gasteiger partial charge in [0.1, 0.15) is 10.8 Å². The Kier molecular flexibility index (Phi) is 6.17. The third-order valence-electron chi connectivity index (χ3n) is 7.75. The van der Waals surface area contributed by atoms with Gasteiger partial charge in [-0.1, -0.05) is 26.7 Å². The smallest absolute Gasteiger partial charge is 0.226 e. The Bertz CT molecular complexity index is 1040. The van der Waals surface area contributed by atoms with Crippen molar-refractivity contribution in [3.8, 4) is 22.9 Å². The van der Waals surface area contributed by atoms with Crippen molar-refractivity contribution in [3.05, 3.63) is 40.7 Å². The molecule has 1 N–H and O–H groups in total. The Balaban J connectivity index is 1.61. The van der Waals surface area contributed by atoms with Crippen LogP contribution in [0, 0.1) is 41.3 Å². The fourth-order valence-electron chi connectivity index (χ4n) is 6.01. The van der Waals surface area contributed by atoms with Gasteiger partial charge in [0.25, 0.3) is 0 Å². The van der Waals surface area contributed by atoms with E-state index in [4.69, 9.17) is 11.4 Å². The van der Waals surface area contributed by atoms with Crippen LogP contribution < -0.4 is 0 Å². The maximum absolute atomic E-state index is 13.4. The van der Waals surface area contributed by atoms with Crippen molar-refractivity contribution in [2.75, 3.05) is 13.6 Å². The first-order valence-electron chi connectivity index (χ1n) is 11.3. The lowest BCUT2D eigenvalue weighted by Gasteiger charge is -2.53. The molecule has 6 heteroatoms. The lowest BCUT2D eigenvalue weighted by molar-refractivity contribution is -0.142. The second-order valence-electron chi connectivity index (χ2n) is 9.86. The van der Waals surface area contributed by atoms with E-state index in [0.717, 1.165) is 35.5 Å². The average molecular weight is 455 g/mol. The molecule has 0 aliphatic heterocycles. The fraction of sp³-hybridized carbons (Fsp3) is 0.538. The van der Waals surface area contributed by atoms with E-state index in [1.54, 1.807) is 35.4 Å². The fourth-order valence-corrected chi connectivity index (χ4v) is 7.38. The number of aliphatic hydroxyl groups excluding tert-OH is 1. The van der Waals surface area contributed by atoms with Crippen LogP contribution in [0.25, 0.3) is 10.6 Å². The first kappa shape index (κ1) is 22.9. The maximum Gasteiger partial charge on any atom is 0.226 e. The number of hydrogen-bond donors (Lipinski definition) is 1. The van der Waals surface area contributed by atoms with E-state index >= 15 is 0 Å². The Morgan fingerprint density at radius 2 is 2.12 bits per heavy atom. The van der Waals surface area contributed by atoms with Crippen molar-refractivity contribution in [2.45, 2.75) is 52.1 Å². The molecule has 0 saturated heterocycles. The number of fused-ring (bicyclic) bond motifs is 2. The number of carbonyl (C=O) groups is 1. The van der Waals surface area contributed by atoms with Crippen LogP contribution in [0.15, 0.2) is 24.3 Å². The number of carbonyl (C=O) groups excluding carboxylic acids is 1. The Hall–Kier alpha value is -2.23. The summed E-state index contributed by atoms with van der Waals surface area (Å²) in [6.45, 7) is 6.61. The maximum atomic E-state index is 13.4. The molecule has 0 unspecified atom stereocenters. The van der Waals surface area contributed by atoms with Gasteiger partial charge in [-0.25, -0.2) is 9.37 Å². The normalized spacial score (nSPS) is 30.0. The number of aromatic nitrogens is 1. The van der Waals surface area contributed by atoms with E-state index < -0.39 is 6.10 Å². The molecule has 0 bridgehead atoms. The molecule has 1 saturated carbocycles. The van der Waals surface area contributed by atoms with Gasteiger partial charge >= 0.3 is 0 Å². The first-order chi connectivity index (χ1) is 15.2. The Labute approximate surface area is 193 Å². The quantitative estimate of drug-likeness (QED) is 0.680. The van der Waals surface area contributed by atoms with Gasteiger partial charge < -0.3 is 10.0 Å². The highest BCUT2D eigenvalue weighted by atomic mass is 32.1. The molecule has 1 fully saturated rings. The standard InChI is InChI=1S/C26H31FN2O2S/c1-6-13-29(5)25(31)15(2)19-11-12-26(4)14-20-22(16(3)21(26)23(19)30)28-24(32-20)17-7-9-18(27)10-8-17/h1,7-10,15-16,19,21,23,30H,11-14H2,2-5H3/t15-,16+,19-,21+,23-,26+/m0/s1. The van der Waals surface area contributed by atoms with Crippen molar-refractivity contribution >= 4 is 17.2 Å². The van der Waals surface area contributed by atoms with Gasteiger partial charge in [0.05, 0.1) is 18.3 Å². The number of thiazole rings is 1. The largest absolute Gasteiger partial charge is 0.392 e. The van der Waals surface area contributed by atoms with Crippen molar-refractivity contribution in [2.24, 2.45) is 23.2 Å². The molecule has 1 aromatic carbocycles. The summed E-state index contributed by atoms with van der Waals surface area (Å²) in [5, 5.41) is 12.4. The van der Waals surface area contributed by atoms with Crippen LogP contribution in [-0.2, 0) is 11.2 Å². The zero-order chi connectivity index (χ0) is 23.2. The summed E-state index contributed by atoms with van der Waals surface area (Å²) < 4.78 is 13.4. The number of terminal acetylenes is 1. The van der Waals surface area contributed by atoms with Gasteiger partial charge in [-0.15, -0.1) is 17.8 Å². The zero-order valence-corrected chi connectivity index (χ0v) is 20.0. The van der Waals surface area contributed by atoms with Crippen LogP contribution in [-0.4, -0.2) is 40.6 Å². The van der Waals surface area contributed by atoms with E-state index in [0.29, 0.717) is 0 Å². The number of aliphatic hydroxyl groups is 1. The summed E-state index contributed by atoms with van der Waals surface area (Å²) in [6, 6.07) is 6.46. The van der Waals surface area contributed by atoms with Crippen molar-refractivity contribution in [3.63, 3.8) is 0 Å². The van der Waals surface area contributed by atoms with Crippen LogP contribution >= 0.6 is 11.3 Å². The van der Waals surface area contributed by atoms with Gasteiger partial charge in [-0.05, 0) is 60.8 Å². The summed E-state index contributed by atoms with van der Waals surface area (Å²) >= 11 is 1.68. The molecule has 170 valence electrons. The second kappa shape index (κ2) is 8.61. The molecule has 1 amide bonds. The molecule has 2 aliphatic carbocycles. The average Bonchev–Trinajstić information content (AvgIpc) is 3.17. The predicted octanol–water partition coefficient (Wildman–Crippen LogP) is 4.73. The number of nitrogens with zero attached hydrogens (tertiary/aromatic N) is 2. The summed E-state index contributed by atoms with van der Waals surface area (Å²) in [5.41, 5.74) is 1.92. The summed E-state index contributed by atoms with van der Waals surface area (Å²) in [7, 11) is 1.72. The number of benzene rings is 1. The number of hydrogen-bond acceptors (Lipinski definition) is 4. The predicted molar refractivity (Wildman–Crippen MR) is 126 cm³/mol. The monoisotopic (exact) mass is 454 g/mol. The number of halogens is 1. The van der Waals surface area contributed by atoms with Crippen LogP contribution in [0.3, 0.4) is 0 Å². The van der Waals surface area contributed by atoms with Crippen LogP contribution in [0.1, 0.15) is 50.1 Å². The number of rotatable bonds is 4. The molecule has 0 spiro atoms. The minimum atomic E-state index is -0.578. The third kappa shape index (κ3) is 3.86. The van der Waals surface area contributed by atoms with Gasteiger partial charge in [0.2, 0.25) is 5.91 Å². The number of amides is 1. The van der Waals surface area contributed by atoms with E-state index in [9.17, 15) is 14.3 Å². The van der Waals surface area contributed by atoms with Crippen LogP contribution in [0.4, 0.5) is 4.39 Å². The van der Waals surface area contributed by atoms with E-state index in [1.165, 1.54) is 17.0 Å². The van der Waals surface area contributed by atoms with Gasteiger partial charge in [0, 0.05) is 29.3 Å². The van der Waals surface area contributed by atoms with Gasteiger partial charge in [-0.3, -0.25) is 4.79 Å². The summed E-state index contributed by atoms with van der Waals surface area (Å²) in [6.07, 6.45) is 7.45. The highest BCUT2D eigenvalue weighted by molar-refractivity contribution is 7.15. The van der Waals surface area contributed by atoms with Crippen LogP contribution in [0.5, 0.6) is 0 Å². The van der Waals surface area contributed by atoms with E-state index in [2.05, 4.69) is 19.8 Å². The van der Waals surface area contributed by atoms with Crippen molar-refractivity contribution in [1.82, 2.24) is 9.88 Å². The van der Waals surface area contributed by atoms with E-state index in [1.807, 2.05) is 6.92 Å². The molecule has 32 heavy (non-hydrogen) atoms. The van der Waals surface area contributed by atoms with Crippen LogP contribution in [0.2, 0.25) is 0 Å². The summed E-state index contributed by atoms with van der Waals surface area (Å²) in [5.74, 6) is 1.99. The summed E-state index contributed by atoms with van der Waals surface area (Å²) in [4.78, 5) is 20.6. The molecule has 2 aromatic rings. The Morgan fingerprint density at radius 1 is 1.44 bits per heavy atom. The molecule has 1 heterocycles.